The molecule has 2 saturated heterocycles. The molecule has 24 heavy (non-hydrogen) atoms. The smallest absolute Gasteiger partial charge is 0.327 e. The number of carbonyl (C=O) groups excluding carboxylic acids is 2. The number of thioether (sulfide) groups is 1. The van der Waals surface area contributed by atoms with E-state index in [1.807, 2.05) is 0 Å². The summed E-state index contributed by atoms with van der Waals surface area (Å²) in [5.41, 5.74) is 0.104. The Labute approximate surface area is 141 Å². The maximum Gasteiger partial charge on any atom is 0.327 e. The number of fused-ring (bicyclic) bond motifs is 1. The van der Waals surface area contributed by atoms with E-state index in [0.29, 0.717) is 0 Å². The van der Waals surface area contributed by atoms with Crippen molar-refractivity contribution in [2.75, 3.05) is 0 Å². The Morgan fingerprint density at radius 3 is 2.42 bits per heavy atom. The van der Waals surface area contributed by atoms with Crippen LogP contribution in [0, 0.1) is 11.7 Å². The van der Waals surface area contributed by atoms with E-state index in [2.05, 4.69) is 0 Å². The minimum atomic E-state index is -1.58. The van der Waals surface area contributed by atoms with Crippen LogP contribution >= 0.6 is 11.8 Å². The van der Waals surface area contributed by atoms with E-state index >= 15 is 0 Å². The highest BCUT2D eigenvalue weighted by atomic mass is 32.2. The van der Waals surface area contributed by atoms with Crippen molar-refractivity contribution < 1.29 is 29.0 Å². The molecule has 2 fully saturated rings. The lowest BCUT2D eigenvalue weighted by molar-refractivity contribution is -0.167. The van der Waals surface area contributed by atoms with Gasteiger partial charge in [0, 0.05) is 10.3 Å². The second-order valence-corrected chi connectivity index (χ2v) is 8.21. The normalized spacial score (nSPS) is 28.9. The van der Waals surface area contributed by atoms with Crippen molar-refractivity contribution in [2.45, 2.75) is 36.1 Å². The number of amides is 1. The highest BCUT2D eigenvalue weighted by Crippen LogP contribution is 2.54. The molecule has 0 saturated carbocycles. The fraction of sp³-hybridized carbons (Fsp3) is 0.438. The monoisotopic (exact) mass is 353 g/mol. The van der Waals surface area contributed by atoms with Gasteiger partial charge in [-0.15, -0.1) is 11.8 Å². The van der Waals surface area contributed by atoms with Crippen LogP contribution in [0.3, 0.4) is 0 Å². The number of nitrogens with zero attached hydrogens (tertiary/aromatic N) is 1. The van der Waals surface area contributed by atoms with Crippen LogP contribution in [0.1, 0.15) is 24.2 Å². The molecule has 2 aliphatic rings. The molecule has 0 bridgehead atoms. The van der Waals surface area contributed by atoms with Crippen LogP contribution in [-0.2, 0) is 9.59 Å². The number of Topliss-reactive ketones (excluding diaryl/α,β-unsaturated/α-hetero) is 1. The minimum absolute atomic E-state index is 0.104. The molecule has 0 spiro atoms. The zero-order valence-corrected chi connectivity index (χ0v) is 13.8. The molecular formula is C16H16FNO5S. The van der Waals surface area contributed by atoms with Gasteiger partial charge >= 0.3 is 5.97 Å². The van der Waals surface area contributed by atoms with Gasteiger partial charge < -0.3 is 15.1 Å². The summed E-state index contributed by atoms with van der Waals surface area (Å²) >= 11 is 1.26. The number of carboxylic acids is 1. The lowest BCUT2D eigenvalue weighted by Gasteiger charge is -2.45. The Kier molecular flexibility index (Phi) is 3.92. The first-order valence-electron chi connectivity index (χ1n) is 7.36. The second kappa shape index (κ2) is 5.56. The Morgan fingerprint density at radius 1 is 1.29 bits per heavy atom. The van der Waals surface area contributed by atoms with Crippen molar-refractivity contribution >= 4 is 29.4 Å². The molecule has 2 heterocycles. The van der Waals surface area contributed by atoms with E-state index in [0.717, 1.165) is 12.1 Å². The fourth-order valence-electron chi connectivity index (χ4n) is 3.28. The number of halogens is 1. The number of aliphatic hydroxyl groups is 1. The molecule has 0 radical (unpaired) electrons. The quantitative estimate of drug-likeness (QED) is 0.622. The second-order valence-electron chi connectivity index (χ2n) is 6.44. The maximum absolute atomic E-state index is 12.9. The van der Waals surface area contributed by atoms with Crippen LogP contribution in [0.25, 0.3) is 0 Å². The van der Waals surface area contributed by atoms with E-state index in [1.54, 1.807) is 13.8 Å². The average Bonchev–Trinajstić information content (AvgIpc) is 2.75. The number of aliphatic carboxylic acids is 1. The van der Waals surface area contributed by atoms with Gasteiger partial charge in [0.05, 0.1) is 5.37 Å². The zero-order valence-electron chi connectivity index (χ0n) is 13.0. The fourth-order valence-corrected chi connectivity index (χ4v) is 5.00. The largest absolute Gasteiger partial charge is 0.480 e. The molecule has 3 rings (SSSR count). The molecule has 6 nitrogen and oxygen atoms in total. The van der Waals surface area contributed by atoms with Gasteiger partial charge in [-0.2, -0.15) is 0 Å². The number of β-lactam (4-membered cyclic amide) rings is 1. The van der Waals surface area contributed by atoms with Gasteiger partial charge in [-0.05, 0) is 38.1 Å². The predicted molar refractivity (Wildman–Crippen MR) is 84.0 cm³/mol. The van der Waals surface area contributed by atoms with Gasteiger partial charge in [0.1, 0.15) is 23.9 Å². The zero-order chi connectivity index (χ0) is 17.8. The summed E-state index contributed by atoms with van der Waals surface area (Å²) in [7, 11) is 0. The van der Waals surface area contributed by atoms with Crippen LogP contribution in [0.4, 0.5) is 4.39 Å². The molecule has 8 heteroatoms. The molecule has 1 amide bonds. The molecule has 0 aliphatic carbocycles. The third-order valence-electron chi connectivity index (χ3n) is 4.45. The average molecular weight is 353 g/mol. The summed E-state index contributed by atoms with van der Waals surface area (Å²) < 4.78 is 12.2. The molecule has 128 valence electrons. The first-order chi connectivity index (χ1) is 11.1. The van der Waals surface area contributed by atoms with Crippen molar-refractivity contribution in [2.24, 2.45) is 5.92 Å². The van der Waals surface area contributed by atoms with E-state index in [1.165, 1.54) is 28.8 Å². The van der Waals surface area contributed by atoms with E-state index in [9.17, 15) is 29.0 Å². The highest BCUT2D eigenvalue weighted by Gasteiger charge is 2.65. The molecule has 1 aromatic rings. The Hall–Kier alpha value is -1.93. The van der Waals surface area contributed by atoms with E-state index < -0.39 is 51.7 Å². The minimum Gasteiger partial charge on any atom is -0.480 e. The summed E-state index contributed by atoms with van der Waals surface area (Å²) in [6.45, 7) is 3.43. The molecule has 4 atom stereocenters. The van der Waals surface area contributed by atoms with Crippen molar-refractivity contribution in [1.29, 1.82) is 0 Å². The molecular weight excluding hydrogens is 337 g/mol. The molecule has 0 unspecified atom stereocenters. The number of carbonyl (C=O) groups is 3. The van der Waals surface area contributed by atoms with E-state index in [4.69, 9.17) is 0 Å². The standard InChI is InChI=1S/C16H16FNO5S/c1-16(2)12(15(22)23)18-13(21)9(14(18)24-16)11(20)10(19)7-3-5-8(17)6-4-7/h3-6,9,11-12,14,20H,1-2H3,(H,22,23)/t9-,11+,12+,14-/m1/s1. The Morgan fingerprint density at radius 2 is 1.88 bits per heavy atom. The maximum atomic E-state index is 12.9. The van der Waals surface area contributed by atoms with Crippen molar-refractivity contribution in [3.05, 3.63) is 35.6 Å². The van der Waals surface area contributed by atoms with Gasteiger partial charge in [-0.1, -0.05) is 0 Å². The Balaban J connectivity index is 1.82. The summed E-state index contributed by atoms with van der Waals surface area (Å²) in [5.74, 6) is -3.83. The van der Waals surface area contributed by atoms with Crippen LogP contribution in [0.5, 0.6) is 0 Å². The third-order valence-corrected chi connectivity index (χ3v) is 6.05. The van der Waals surface area contributed by atoms with Crippen LogP contribution in [0.2, 0.25) is 0 Å². The van der Waals surface area contributed by atoms with Crippen molar-refractivity contribution in [3.8, 4) is 0 Å². The number of benzene rings is 1. The lowest BCUT2D eigenvalue weighted by Crippen LogP contribution is -2.66. The number of hydrogen-bond donors (Lipinski definition) is 2. The van der Waals surface area contributed by atoms with Crippen molar-refractivity contribution in [1.82, 2.24) is 4.90 Å². The number of ketones is 1. The van der Waals surface area contributed by atoms with Gasteiger partial charge in [0.25, 0.3) is 0 Å². The number of aliphatic hydroxyl groups excluding tert-OH is 1. The molecule has 0 aromatic heterocycles. The predicted octanol–water partition coefficient (Wildman–Crippen LogP) is 1.13. The number of rotatable bonds is 4. The van der Waals surface area contributed by atoms with Crippen LogP contribution in [0.15, 0.2) is 24.3 Å². The van der Waals surface area contributed by atoms with Crippen molar-refractivity contribution in [3.63, 3.8) is 0 Å². The molecule has 2 N–H and O–H groups in total. The lowest BCUT2D eigenvalue weighted by atomic mass is 9.85. The summed E-state index contributed by atoms with van der Waals surface area (Å²) in [5, 5.41) is 19.1. The SMILES string of the molecule is CC1(C)S[C@@H]2[C@H]([C@H](O)C(=O)c3ccc(F)cc3)C(=O)N2[C@H]1C(=O)O. The van der Waals surface area contributed by atoms with Gasteiger partial charge in [0.15, 0.2) is 5.78 Å². The van der Waals surface area contributed by atoms with Crippen LogP contribution < -0.4 is 0 Å². The number of hydrogen-bond acceptors (Lipinski definition) is 5. The van der Waals surface area contributed by atoms with Gasteiger partial charge in [-0.25, -0.2) is 9.18 Å². The molecule has 1 aromatic carbocycles. The molecule has 2 aliphatic heterocycles. The van der Waals surface area contributed by atoms with Crippen LogP contribution in [-0.4, -0.2) is 55.0 Å². The third kappa shape index (κ3) is 2.41. The Bertz CT molecular complexity index is 720. The first-order valence-corrected chi connectivity index (χ1v) is 8.24. The highest BCUT2D eigenvalue weighted by molar-refractivity contribution is 8.01. The summed E-state index contributed by atoms with van der Waals surface area (Å²) in [6.07, 6.45) is -1.58. The summed E-state index contributed by atoms with van der Waals surface area (Å²) in [4.78, 5) is 37.4. The summed E-state index contributed by atoms with van der Waals surface area (Å²) in [6, 6.07) is 3.69. The van der Waals surface area contributed by atoms with Gasteiger partial charge in [-0.3, -0.25) is 9.59 Å². The first kappa shape index (κ1) is 16.9. The van der Waals surface area contributed by atoms with Gasteiger partial charge in [0.2, 0.25) is 5.91 Å². The topological polar surface area (TPSA) is 94.9 Å². The number of carboxylic acid groups (broad SMARTS) is 1. The van der Waals surface area contributed by atoms with E-state index in [-0.39, 0.29) is 5.56 Å².